The van der Waals surface area contributed by atoms with Crippen LogP contribution in [-0.4, -0.2) is 44.2 Å². The van der Waals surface area contributed by atoms with E-state index in [1.807, 2.05) is 48.5 Å². The fraction of sp³-hybridized carbons (Fsp3) is 0.133. The van der Waals surface area contributed by atoms with Gasteiger partial charge in [0.15, 0.2) is 0 Å². The van der Waals surface area contributed by atoms with Crippen molar-refractivity contribution in [3.05, 3.63) is 101 Å². The van der Waals surface area contributed by atoms with Gasteiger partial charge in [-0.05, 0) is 60.2 Å². The molecule has 9 nitrogen and oxygen atoms in total. The van der Waals surface area contributed by atoms with Crippen LogP contribution in [-0.2, 0) is 20.7 Å². The molecule has 2 aliphatic heterocycles. The van der Waals surface area contributed by atoms with E-state index in [0.29, 0.717) is 41.1 Å². The van der Waals surface area contributed by atoms with Crippen molar-refractivity contribution in [1.29, 1.82) is 5.41 Å². The van der Waals surface area contributed by atoms with E-state index in [1.54, 1.807) is 29.3 Å². The Bertz CT molecular complexity index is 1530. The molecule has 3 aromatic rings. The molecule has 39 heavy (non-hydrogen) atoms. The largest absolute Gasteiger partial charge is 0.465 e. The molecule has 9 heteroatoms. The molecule has 0 aromatic heterocycles. The zero-order valence-electron chi connectivity index (χ0n) is 21.3. The van der Waals surface area contributed by atoms with Crippen LogP contribution >= 0.6 is 0 Å². The van der Waals surface area contributed by atoms with Crippen LogP contribution in [0.2, 0.25) is 0 Å². The number of benzene rings is 3. The molecule has 0 atom stereocenters. The predicted molar refractivity (Wildman–Crippen MR) is 152 cm³/mol. The minimum Gasteiger partial charge on any atom is -0.465 e. The van der Waals surface area contributed by atoms with E-state index >= 15 is 0 Å². The summed E-state index contributed by atoms with van der Waals surface area (Å²) in [5.74, 6) is -0.808. The number of ether oxygens (including phenoxy) is 1. The second-order valence-corrected chi connectivity index (χ2v) is 8.99. The smallest absolute Gasteiger partial charge is 0.337 e. The number of carbonyl (C=O) groups excluding carboxylic acids is 3. The lowest BCUT2D eigenvalue weighted by atomic mass is 9.99. The molecule has 3 aromatic carbocycles. The molecule has 0 radical (unpaired) electrons. The van der Waals surface area contributed by atoms with Gasteiger partial charge in [-0.1, -0.05) is 36.4 Å². The van der Waals surface area contributed by atoms with Crippen LogP contribution in [0.5, 0.6) is 0 Å². The van der Waals surface area contributed by atoms with Gasteiger partial charge in [0.05, 0.1) is 36.2 Å². The van der Waals surface area contributed by atoms with Gasteiger partial charge in [0, 0.05) is 29.7 Å². The zero-order valence-corrected chi connectivity index (χ0v) is 21.3. The second kappa shape index (κ2) is 11.1. The minimum atomic E-state index is -0.477. The molecule has 0 fully saturated rings. The van der Waals surface area contributed by atoms with Gasteiger partial charge in [0.1, 0.15) is 0 Å². The van der Waals surface area contributed by atoms with Crippen LogP contribution in [0, 0.1) is 5.41 Å². The maximum Gasteiger partial charge on any atom is 0.337 e. The van der Waals surface area contributed by atoms with Crippen molar-refractivity contribution in [2.24, 2.45) is 0 Å². The van der Waals surface area contributed by atoms with Crippen LogP contribution in [0.4, 0.5) is 17.1 Å². The van der Waals surface area contributed by atoms with Crippen LogP contribution in [0.1, 0.15) is 27.0 Å². The highest BCUT2D eigenvalue weighted by Crippen LogP contribution is 2.39. The van der Waals surface area contributed by atoms with E-state index in [4.69, 9.17) is 10.1 Å². The van der Waals surface area contributed by atoms with E-state index in [0.717, 1.165) is 28.7 Å². The van der Waals surface area contributed by atoms with E-state index in [2.05, 4.69) is 16.0 Å². The molecule has 2 amide bonds. The molecule has 2 aliphatic rings. The molecule has 0 saturated heterocycles. The summed E-state index contributed by atoms with van der Waals surface area (Å²) in [5.41, 5.74) is 6.17. The predicted octanol–water partition coefficient (Wildman–Crippen LogP) is 4.05. The Balaban J connectivity index is 1.48. The number of methoxy groups -OCH3 is 1. The fourth-order valence-electron chi connectivity index (χ4n) is 4.79. The third-order valence-corrected chi connectivity index (χ3v) is 6.61. The van der Waals surface area contributed by atoms with Gasteiger partial charge in [-0.15, -0.1) is 0 Å². The molecule has 0 aliphatic carbocycles. The van der Waals surface area contributed by atoms with Gasteiger partial charge in [-0.25, -0.2) is 4.79 Å². The molecular formula is C30H27N5O4. The monoisotopic (exact) mass is 521 g/mol. The van der Waals surface area contributed by atoms with Gasteiger partial charge in [-0.2, -0.15) is 0 Å². The third kappa shape index (κ3) is 5.15. The lowest BCUT2D eigenvalue weighted by molar-refractivity contribution is -0.117. The van der Waals surface area contributed by atoms with Gasteiger partial charge < -0.3 is 31.0 Å². The van der Waals surface area contributed by atoms with Gasteiger partial charge in [0.25, 0.3) is 5.91 Å². The summed E-state index contributed by atoms with van der Waals surface area (Å²) in [6, 6.07) is 20.4. The normalized spacial score (nSPS) is 14.9. The lowest BCUT2D eigenvalue weighted by Crippen LogP contribution is -2.35. The molecule has 4 N–H and O–H groups in total. The maximum absolute atomic E-state index is 13.2. The first-order chi connectivity index (χ1) is 19.0. The van der Waals surface area contributed by atoms with Crippen LogP contribution in [0.3, 0.4) is 0 Å². The van der Waals surface area contributed by atoms with E-state index in [9.17, 15) is 14.4 Å². The summed E-state index contributed by atoms with van der Waals surface area (Å²) in [7, 11) is 1.32. The molecule has 196 valence electrons. The number of amides is 2. The van der Waals surface area contributed by atoms with Crippen molar-refractivity contribution in [2.45, 2.75) is 6.42 Å². The first kappa shape index (κ1) is 25.5. The van der Waals surface area contributed by atoms with Crippen molar-refractivity contribution in [3.8, 4) is 0 Å². The summed E-state index contributed by atoms with van der Waals surface area (Å²) in [5, 5.41) is 16.2. The standard InChI is InChI=1S/C30H27N5O4/c1-39-30(38)21-8-10-23-24(17-21)34-29(37)27(23)28(19-6-3-2-4-7-19)33-22-9-11-25-20(16-22)12-15-35(25)26(36)18-32-14-5-13-31/h2-11,13-14,16-17,31-33H,12,15,18H2,1H3,(H,34,37)/b14-5-,28-27-,31-13?. The average Bonchev–Trinajstić information content (AvgIpc) is 3.53. The molecule has 5 rings (SSSR count). The van der Waals surface area contributed by atoms with Crippen molar-refractivity contribution < 1.29 is 19.1 Å². The average molecular weight is 522 g/mol. The Morgan fingerprint density at radius 1 is 1.08 bits per heavy atom. The van der Waals surface area contributed by atoms with E-state index in [-0.39, 0.29) is 18.4 Å². The number of hydrogen-bond acceptors (Lipinski definition) is 7. The number of allylic oxidation sites excluding steroid dienone is 1. The first-order valence-electron chi connectivity index (χ1n) is 12.4. The number of anilines is 3. The Morgan fingerprint density at radius 2 is 1.90 bits per heavy atom. The number of carbonyl (C=O) groups is 3. The summed E-state index contributed by atoms with van der Waals surface area (Å²) in [4.78, 5) is 39.7. The Kier molecular flexibility index (Phi) is 7.22. The number of nitrogens with one attached hydrogen (secondary N) is 4. The van der Waals surface area contributed by atoms with Crippen molar-refractivity contribution in [3.63, 3.8) is 0 Å². The SMILES string of the molecule is COC(=O)c1ccc2c(c1)NC(=O)/C2=C(\Nc1ccc2c(c1)CCN2C(=O)CN/C=C\C=N)c1ccccc1. The molecule has 0 bridgehead atoms. The van der Waals surface area contributed by atoms with Crippen molar-refractivity contribution in [2.75, 3.05) is 35.7 Å². The minimum absolute atomic E-state index is 0.0539. The number of rotatable bonds is 8. The molecule has 0 spiro atoms. The van der Waals surface area contributed by atoms with Gasteiger partial charge in [-0.3, -0.25) is 9.59 Å². The van der Waals surface area contributed by atoms with E-state index in [1.165, 1.54) is 13.2 Å². The summed E-state index contributed by atoms with van der Waals surface area (Å²) in [6.07, 6.45) is 4.94. The maximum atomic E-state index is 13.2. The highest BCUT2D eigenvalue weighted by atomic mass is 16.5. The van der Waals surface area contributed by atoms with Crippen LogP contribution in [0.25, 0.3) is 11.3 Å². The van der Waals surface area contributed by atoms with Gasteiger partial charge in [0.2, 0.25) is 5.91 Å². The van der Waals surface area contributed by atoms with Gasteiger partial charge >= 0.3 is 5.97 Å². The number of hydrogen-bond donors (Lipinski definition) is 4. The number of fused-ring (bicyclic) bond motifs is 2. The number of esters is 1. The molecular weight excluding hydrogens is 494 g/mol. The van der Waals surface area contributed by atoms with Crippen molar-refractivity contribution >= 4 is 52.3 Å². The van der Waals surface area contributed by atoms with Crippen LogP contribution in [0.15, 0.2) is 79.0 Å². The first-order valence-corrected chi connectivity index (χ1v) is 12.4. The Morgan fingerprint density at radius 3 is 2.67 bits per heavy atom. The fourth-order valence-corrected chi connectivity index (χ4v) is 4.79. The lowest BCUT2D eigenvalue weighted by Gasteiger charge is -2.19. The molecule has 0 saturated carbocycles. The topological polar surface area (TPSA) is 124 Å². The highest BCUT2D eigenvalue weighted by Gasteiger charge is 2.30. The highest BCUT2D eigenvalue weighted by molar-refractivity contribution is 6.37. The molecule has 0 unspecified atom stereocenters. The number of nitrogens with zero attached hydrogens (tertiary/aromatic N) is 1. The Hall–Kier alpha value is -5.18. The van der Waals surface area contributed by atoms with Crippen LogP contribution < -0.4 is 20.9 Å². The third-order valence-electron chi connectivity index (χ3n) is 6.61. The summed E-state index contributed by atoms with van der Waals surface area (Å²) in [6.45, 7) is 0.721. The zero-order chi connectivity index (χ0) is 27.4. The van der Waals surface area contributed by atoms with E-state index < -0.39 is 5.97 Å². The summed E-state index contributed by atoms with van der Waals surface area (Å²) < 4.78 is 4.82. The second-order valence-electron chi connectivity index (χ2n) is 8.99. The van der Waals surface area contributed by atoms with Crippen molar-refractivity contribution in [1.82, 2.24) is 5.32 Å². The molecule has 2 heterocycles. The Labute approximate surface area is 225 Å². The summed E-state index contributed by atoms with van der Waals surface area (Å²) >= 11 is 0. The quantitative estimate of drug-likeness (QED) is 0.202.